The fraction of sp³-hybridized carbons (Fsp3) is 0.409. The topological polar surface area (TPSA) is 66.5 Å². The average Bonchev–Trinajstić information content (AvgIpc) is 2.75. The molecule has 1 heterocycles. The van der Waals surface area contributed by atoms with Gasteiger partial charge in [0, 0.05) is 19.0 Å². The summed E-state index contributed by atoms with van der Waals surface area (Å²) in [5.74, 6) is 0.0153. The molecule has 2 atom stereocenters. The summed E-state index contributed by atoms with van der Waals surface area (Å²) >= 11 is 0. The van der Waals surface area contributed by atoms with Gasteiger partial charge in [-0.2, -0.15) is 4.31 Å². The Hall–Kier alpha value is -2.18. The third-order valence-corrected chi connectivity index (χ3v) is 7.32. The molecule has 1 amide bonds. The molecule has 0 bridgehead atoms. The molecule has 5 nitrogen and oxygen atoms in total. The largest absolute Gasteiger partial charge is 0.354 e. The number of rotatable bonds is 7. The number of benzene rings is 2. The number of piperidine rings is 1. The molecule has 0 spiro atoms. The second kappa shape index (κ2) is 9.34. The summed E-state index contributed by atoms with van der Waals surface area (Å²) in [6, 6.07) is 17.8. The molecule has 0 aromatic heterocycles. The third-order valence-electron chi connectivity index (χ3n) is 5.39. The van der Waals surface area contributed by atoms with Gasteiger partial charge in [0.1, 0.15) is 6.04 Å². The second-order valence-electron chi connectivity index (χ2n) is 7.20. The molecule has 1 N–H and O–H groups in total. The second-order valence-corrected chi connectivity index (χ2v) is 9.09. The average molecular weight is 401 g/mol. The van der Waals surface area contributed by atoms with Gasteiger partial charge in [-0.3, -0.25) is 4.79 Å². The van der Waals surface area contributed by atoms with Crippen molar-refractivity contribution in [3.05, 3.63) is 66.2 Å². The molecule has 1 aliphatic rings. The number of hydrogen-bond acceptors (Lipinski definition) is 3. The van der Waals surface area contributed by atoms with Crippen LogP contribution in [0.4, 0.5) is 0 Å². The van der Waals surface area contributed by atoms with E-state index in [2.05, 4.69) is 24.4 Å². The van der Waals surface area contributed by atoms with Crippen LogP contribution < -0.4 is 5.32 Å². The van der Waals surface area contributed by atoms with Crippen LogP contribution in [0.15, 0.2) is 65.6 Å². The standard InChI is InChI=1S/C22H28N2O3S/c1-2-18(19-11-5-3-6-12-19)17-23-22(25)21-15-9-10-16-24(21)28(26,27)20-13-7-4-8-14-20/h3-8,11-14,18,21H,2,9-10,15-17H2,1H3,(H,23,25). The van der Waals surface area contributed by atoms with Gasteiger partial charge in [0.05, 0.1) is 4.90 Å². The molecular formula is C22H28N2O3S. The molecule has 0 aliphatic carbocycles. The van der Waals surface area contributed by atoms with E-state index in [4.69, 9.17) is 0 Å². The Morgan fingerprint density at radius 3 is 2.36 bits per heavy atom. The lowest BCUT2D eigenvalue weighted by molar-refractivity contribution is -0.125. The van der Waals surface area contributed by atoms with Crippen molar-refractivity contribution in [3.8, 4) is 0 Å². The summed E-state index contributed by atoms with van der Waals surface area (Å²) in [7, 11) is -3.68. The van der Waals surface area contributed by atoms with E-state index >= 15 is 0 Å². The first-order chi connectivity index (χ1) is 13.5. The number of amides is 1. The summed E-state index contributed by atoms with van der Waals surface area (Å²) in [6.45, 7) is 2.98. The maximum absolute atomic E-state index is 13.1. The predicted octanol–water partition coefficient (Wildman–Crippen LogP) is 3.54. The zero-order chi connectivity index (χ0) is 20.0. The van der Waals surface area contributed by atoms with Crippen molar-refractivity contribution in [1.29, 1.82) is 0 Å². The Bertz CT molecular complexity index is 869. The lowest BCUT2D eigenvalue weighted by Crippen LogP contribution is -2.52. The molecule has 1 fully saturated rings. The number of nitrogens with zero attached hydrogens (tertiary/aromatic N) is 1. The maximum Gasteiger partial charge on any atom is 0.243 e. The SMILES string of the molecule is CCC(CNC(=O)C1CCCCN1S(=O)(=O)c1ccccc1)c1ccccc1. The van der Waals surface area contributed by atoms with Crippen LogP contribution in [0.25, 0.3) is 0 Å². The molecule has 28 heavy (non-hydrogen) atoms. The molecule has 1 aliphatic heterocycles. The lowest BCUT2D eigenvalue weighted by atomic mass is 9.96. The molecule has 2 unspecified atom stereocenters. The molecule has 150 valence electrons. The fourth-order valence-corrected chi connectivity index (χ4v) is 5.42. The van der Waals surface area contributed by atoms with Gasteiger partial charge in [0.2, 0.25) is 15.9 Å². The highest BCUT2D eigenvalue weighted by atomic mass is 32.2. The smallest absolute Gasteiger partial charge is 0.243 e. The normalized spacial score (nSPS) is 19.1. The first-order valence-corrected chi connectivity index (χ1v) is 11.4. The molecule has 0 saturated carbocycles. The van der Waals surface area contributed by atoms with Crippen molar-refractivity contribution in [3.63, 3.8) is 0 Å². The number of sulfonamides is 1. The van der Waals surface area contributed by atoms with Crippen LogP contribution in [-0.4, -0.2) is 37.8 Å². The number of carbonyl (C=O) groups is 1. The molecule has 2 aromatic carbocycles. The molecule has 6 heteroatoms. The minimum atomic E-state index is -3.68. The van der Waals surface area contributed by atoms with Gasteiger partial charge in [-0.05, 0) is 37.0 Å². The fourth-order valence-electron chi connectivity index (χ4n) is 3.75. The summed E-state index contributed by atoms with van der Waals surface area (Å²) in [5, 5.41) is 3.01. The van der Waals surface area contributed by atoms with Crippen LogP contribution in [0.2, 0.25) is 0 Å². The Morgan fingerprint density at radius 1 is 1.07 bits per heavy atom. The van der Waals surface area contributed by atoms with Crippen LogP contribution in [-0.2, 0) is 14.8 Å². The molecule has 1 saturated heterocycles. The van der Waals surface area contributed by atoms with Crippen LogP contribution in [0.5, 0.6) is 0 Å². The monoisotopic (exact) mass is 400 g/mol. The molecular weight excluding hydrogens is 372 g/mol. The molecule has 2 aromatic rings. The highest BCUT2D eigenvalue weighted by molar-refractivity contribution is 7.89. The highest BCUT2D eigenvalue weighted by Gasteiger charge is 2.37. The van der Waals surface area contributed by atoms with Crippen LogP contribution in [0.1, 0.15) is 44.1 Å². The lowest BCUT2D eigenvalue weighted by Gasteiger charge is -2.34. The summed E-state index contributed by atoms with van der Waals surface area (Å²) in [5.41, 5.74) is 1.18. The number of nitrogens with one attached hydrogen (secondary N) is 1. The van der Waals surface area contributed by atoms with E-state index in [0.29, 0.717) is 19.5 Å². The minimum Gasteiger partial charge on any atom is -0.354 e. The quantitative estimate of drug-likeness (QED) is 0.773. The zero-order valence-electron chi connectivity index (χ0n) is 16.3. The Labute approximate surface area is 167 Å². The summed E-state index contributed by atoms with van der Waals surface area (Å²) in [6.07, 6.45) is 3.09. The van der Waals surface area contributed by atoms with Crippen LogP contribution >= 0.6 is 0 Å². The third kappa shape index (κ3) is 4.62. The van der Waals surface area contributed by atoms with E-state index in [1.165, 1.54) is 9.87 Å². The van der Waals surface area contributed by atoms with Crippen molar-refractivity contribution < 1.29 is 13.2 Å². The van der Waals surface area contributed by atoms with Gasteiger partial charge in [-0.15, -0.1) is 0 Å². The van der Waals surface area contributed by atoms with E-state index in [1.54, 1.807) is 30.3 Å². The predicted molar refractivity (Wildman–Crippen MR) is 110 cm³/mol. The first kappa shape index (κ1) is 20.6. The van der Waals surface area contributed by atoms with E-state index < -0.39 is 16.1 Å². The van der Waals surface area contributed by atoms with Crippen molar-refractivity contribution in [1.82, 2.24) is 9.62 Å². The van der Waals surface area contributed by atoms with Gasteiger partial charge in [-0.1, -0.05) is 61.9 Å². The summed E-state index contributed by atoms with van der Waals surface area (Å²) < 4.78 is 27.5. The van der Waals surface area contributed by atoms with Crippen molar-refractivity contribution in [2.45, 2.75) is 49.5 Å². The number of hydrogen-bond donors (Lipinski definition) is 1. The Balaban J connectivity index is 1.72. The Kier molecular flexibility index (Phi) is 6.86. The van der Waals surface area contributed by atoms with E-state index in [-0.39, 0.29) is 16.7 Å². The van der Waals surface area contributed by atoms with Crippen molar-refractivity contribution in [2.24, 2.45) is 0 Å². The van der Waals surface area contributed by atoms with Gasteiger partial charge in [-0.25, -0.2) is 8.42 Å². The highest BCUT2D eigenvalue weighted by Crippen LogP contribution is 2.26. The van der Waals surface area contributed by atoms with E-state index in [9.17, 15) is 13.2 Å². The first-order valence-electron chi connectivity index (χ1n) is 9.93. The Morgan fingerprint density at radius 2 is 1.71 bits per heavy atom. The zero-order valence-corrected chi connectivity index (χ0v) is 17.1. The van der Waals surface area contributed by atoms with Crippen molar-refractivity contribution in [2.75, 3.05) is 13.1 Å². The number of carbonyl (C=O) groups excluding carboxylic acids is 1. The van der Waals surface area contributed by atoms with Gasteiger partial charge >= 0.3 is 0 Å². The summed E-state index contributed by atoms with van der Waals surface area (Å²) in [4.78, 5) is 13.2. The van der Waals surface area contributed by atoms with E-state index in [1.807, 2.05) is 18.2 Å². The van der Waals surface area contributed by atoms with Crippen molar-refractivity contribution >= 4 is 15.9 Å². The van der Waals surface area contributed by atoms with E-state index in [0.717, 1.165) is 19.3 Å². The van der Waals surface area contributed by atoms with Gasteiger partial charge in [0.25, 0.3) is 0 Å². The van der Waals surface area contributed by atoms with Crippen LogP contribution in [0.3, 0.4) is 0 Å². The molecule has 3 rings (SSSR count). The minimum absolute atomic E-state index is 0.200. The van der Waals surface area contributed by atoms with Gasteiger partial charge in [0.15, 0.2) is 0 Å². The van der Waals surface area contributed by atoms with Crippen LogP contribution in [0, 0.1) is 0 Å². The maximum atomic E-state index is 13.1. The molecule has 0 radical (unpaired) electrons. The van der Waals surface area contributed by atoms with Gasteiger partial charge < -0.3 is 5.32 Å².